The minimum absolute atomic E-state index is 0.0274. The van der Waals surface area contributed by atoms with Gasteiger partial charge in [0, 0.05) is 45.5 Å². The molecule has 132 valence electrons. The van der Waals surface area contributed by atoms with Gasteiger partial charge in [0.1, 0.15) is 5.69 Å². The number of halogens is 1. The number of H-pyrrole nitrogens is 1. The van der Waals surface area contributed by atoms with E-state index >= 15 is 0 Å². The monoisotopic (exact) mass is 352 g/mol. The third kappa shape index (κ3) is 4.30. The van der Waals surface area contributed by atoms with Crippen molar-refractivity contribution in [3.05, 3.63) is 23.0 Å². The van der Waals surface area contributed by atoms with Gasteiger partial charge in [-0.15, -0.1) is 0 Å². The predicted octanol–water partition coefficient (Wildman–Crippen LogP) is 1.83. The number of amides is 2. The third-order valence-electron chi connectivity index (χ3n) is 4.86. The fraction of sp³-hybridized carbons (Fsp3) is 0.647. The van der Waals surface area contributed by atoms with Crippen LogP contribution < -0.4 is 0 Å². The van der Waals surface area contributed by atoms with Crippen LogP contribution in [0.5, 0.6) is 0 Å². The molecule has 0 radical (unpaired) electrons. The molecule has 0 atom stereocenters. The molecule has 2 aliphatic rings. The first kappa shape index (κ1) is 17.3. The van der Waals surface area contributed by atoms with E-state index in [1.807, 2.05) is 9.80 Å². The summed E-state index contributed by atoms with van der Waals surface area (Å²) in [5.74, 6) is 0.202. The summed E-state index contributed by atoms with van der Waals surface area (Å²) in [4.78, 5) is 33.7. The average Bonchev–Trinajstić information content (AvgIpc) is 2.85. The zero-order chi connectivity index (χ0) is 16.9. The van der Waals surface area contributed by atoms with Crippen molar-refractivity contribution in [2.45, 2.75) is 25.7 Å². The highest BCUT2D eigenvalue weighted by Gasteiger charge is 2.25. The Morgan fingerprint density at radius 2 is 1.62 bits per heavy atom. The molecule has 0 unspecified atom stereocenters. The molecule has 2 aliphatic heterocycles. The number of nitrogens with one attached hydrogen (secondary N) is 1. The van der Waals surface area contributed by atoms with E-state index in [0.29, 0.717) is 30.4 Å². The molecule has 3 heterocycles. The van der Waals surface area contributed by atoms with Crippen LogP contribution >= 0.6 is 11.6 Å². The molecular formula is C17H25ClN4O2. The highest BCUT2D eigenvalue weighted by molar-refractivity contribution is 6.30. The van der Waals surface area contributed by atoms with E-state index in [4.69, 9.17) is 11.6 Å². The molecule has 0 bridgehead atoms. The second-order valence-electron chi connectivity index (χ2n) is 6.59. The largest absolute Gasteiger partial charge is 0.356 e. The van der Waals surface area contributed by atoms with Crippen LogP contribution in [0.25, 0.3) is 0 Å². The number of likely N-dealkylation sites (tertiary alicyclic amines) is 1. The van der Waals surface area contributed by atoms with Crippen molar-refractivity contribution in [1.82, 2.24) is 19.7 Å². The Labute approximate surface area is 147 Å². The lowest BCUT2D eigenvalue weighted by atomic mass is 10.2. The lowest BCUT2D eigenvalue weighted by molar-refractivity contribution is -0.132. The maximum absolute atomic E-state index is 12.4. The molecule has 0 spiro atoms. The molecule has 2 saturated heterocycles. The number of carbonyl (C=O) groups is 2. The first-order chi connectivity index (χ1) is 11.6. The van der Waals surface area contributed by atoms with Crippen LogP contribution in [0.15, 0.2) is 12.3 Å². The van der Waals surface area contributed by atoms with Crippen molar-refractivity contribution in [1.29, 1.82) is 0 Å². The molecule has 2 fully saturated rings. The molecule has 1 N–H and O–H groups in total. The van der Waals surface area contributed by atoms with Crippen molar-refractivity contribution in [2.24, 2.45) is 0 Å². The molecule has 7 heteroatoms. The Morgan fingerprint density at radius 1 is 0.958 bits per heavy atom. The first-order valence-corrected chi connectivity index (χ1v) is 9.14. The maximum atomic E-state index is 12.4. The second-order valence-corrected chi connectivity index (χ2v) is 7.03. The van der Waals surface area contributed by atoms with Crippen molar-refractivity contribution in [3.8, 4) is 0 Å². The number of aromatic amines is 1. The number of piperazine rings is 1. The third-order valence-corrected chi connectivity index (χ3v) is 5.07. The molecule has 3 rings (SSSR count). The summed E-state index contributed by atoms with van der Waals surface area (Å²) in [6, 6.07) is 1.65. The van der Waals surface area contributed by atoms with Crippen LogP contribution in [0.2, 0.25) is 5.02 Å². The topological polar surface area (TPSA) is 59.7 Å². The summed E-state index contributed by atoms with van der Waals surface area (Å²) < 4.78 is 0. The van der Waals surface area contributed by atoms with Crippen LogP contribution in [0.4, 0.5) is 0 Å². The van der Waals surface area contributed by atoms with E-state index in [0.717, 1.165) is 39.0 Å². The molecule has 0 saturated carbocycles. The number of hydrogen-bond acceptors (Lipinski definition) is 3. The average molecular weight is 353 g/mol. The van der Waals surface area contributed by atoms with Gasteiger partial charge in [0.05, 0.1) is 11.6 Å². The zero-order valence-electron chi connectivity index (χ0n) is 14.0. The van der Waals surface area contributed by atoms with E-state index in [2.05, 4.69) is 9.88 Å². The van der Waals surface area contributed by atoms with E-state index in [9.17, 15) is 9.59 Å². The molecule has 2 amide bonds. The standard InChI is InChI=1S/C17H25ClN4O2/c18-14-11-15(19-12-14)17(24)22-9-7-20(8-10-22)13-16(23)21-5-3-1-2-4-6-21/h11-12,19H,1-10,13H2. The molecule has 6 nitrogen and oxygen atoms in total. The van der Waals surface area contributed by atoms with Gasteiger partial charge in [-0.2, -0.15) is 0 Å². The van der Waals surface area contributed by atoms with Gasteiger partial charge in [-0.05, 0) is 18.9 Å². The lowest BCUT2D eigenvalue weighted by Gasteiger charge is -2.35. The zero-order valence-corrected chi connectivity index (χ0v) is 14.7. The smallest absolute Gasteiger partial charge is 0.270 e. The van der Waals surface area contributed by atoms with Crippen LogP contribution in [0, 0.1) is 0 Å². The molecule has 1 aromatic rings. The number of rotatable bonds is 3. The molecule has 24 heavy (non-hydrogen) atoms. The predicted molar refractivity (Wildman–Crippen MR) is 93.2 cm³/mol. The molecule has 0 aliphatic carbocycles. The van der Waals surface area contributed by atoms with E-state index in [1.165, 1.54) is 12.8 Å². The number of hydrogen-bond donors (Lipinski definition) is 1. The van der Waals surface area contributed by atoms with Crippen LogP contribution in [-0.4, -0.2) is 77.3 Å². The summed E-state index contributed by atoms with van der Waals surface area (Å²) >= 11 is 5.86. The Morgan fingerprint density at radius 3 is 2.21 bits per heavy atom. The van der Waals surface area contributed by atoms with Gasteiger partial charge in [0.15, 0.2) is 0 Å². The second kappa shape index (κ2) is 8.03. The Hall–Kier alpha value is -1.53. The lowest BCUT2D eigenvalue weighted by Crippen LogP contribution is -2.51. The van der Waals surface area contributed by atoms with Crippen LogP contribution in [0.1, 0.15) is 36.2 Å². The van der Waals surface area contributed by atoms with E-state index in [1.54, 1.807) is 12.3 Å². The fourth-order valence-electron chi connectivity index (χ4n) is 3.38. The quantitative estimate of drug-likeness (QED) is 0.902. The van der Waals surface area contributed by atoms with Crippen LogP contribution in [0.3, 0.4) is 0 Å². The highest BCUT2D eigenvalue weighted by atomic mass is 35.5. The van der Waals surface area contributed by atoms with Crippen molar-refractivity contribution < 1.29 is 9.59 Å². The summed E-state index contributed by atoms with van der Waals surface area (Å²) in [5.41, 5.74) is 0.522. The van der Waals surface area contributed by atoms with E-state index in [-0.39, 0.29) is 11.8 Å². The Balaban J connectivity index is 1.46. The molecular weight excluding hydrogens is 328 g/mol. The number of nitrogens with zero attached hydrogens (tertiary/aromatic N) is 3. The normalized spacial score (nSPS) is 20.0. The van der Waals surface area contributed by atoms with Gasteiger partial charge in [-0.1, -0.05) is 24.4 Å². The number of carbonyl (C=O) groups excluding carboxylic acids is 2. The first-order valence-electron chi connectivity index (χ1n) is 8.77. The summed E-state index contributed by atoms with van der Waals surface area (Å²) in [7, 11) is 0. The van der Waals surface area contributed by atoms with Gasteiger partial charge in [-0.25, -0.2) is 0 Å². The van der Waals surface area contributed by atoms with Crippen molar-refractivity contribution in [3.63, 3.8) is 0 Å². The maximum Gasteiger partial charge on any atom is 0.270 e. The van der Waals surface area contributed by atoms with Gasteiger partial charge in [-0.3, -0.25) is 14.5 Å². The van der Waals surface area contributed by atoms with Crippen LogP contribution in [-0.2, 0) is 4.79 Å². The Bertz CT molecular complexity index is 573. The summed E-state index contributed by atoms with van der Waals surface area (Å²) in [5, 5.41) is 0.542. The van der Waals surface area contributed by atoms with Gasteiger partial charge in [0.25, 0.3) is 5.91 Å². The Kier molecular flexibility index (Phi) is 5.79. The molecule has 0 aromatic carbocycles. The minimum atomic E-state index is -0.0274. The fourth-order valence-corrected chi connectivity index (χ4v) is 3.55. The molecule has 1 aromatic heterocycles. The van der Waals surface area contributed by atoms with Gasteiger partial charge >= 0.3 is 0 Å². The minimum Gasteiger partial charge on any atom is -0.356 e. The highest BCUT2D eigenvalue weighted by Crippen LogP contribution is 2.14. The summed E-state index contributed by atoms with van der Waals surface area (Å²) in [6.07, 6.45) is 6.31. The van der Waals surface area contributed by atoms with Crippen molar-refractivity contribution in [2.75, 3.05) is 45.8 Å². The summed E-state index contributed by atoms with van der Waals surface area (Å²) in [6.45, 7) is 5.01. The number of aromatic nitrogens is 1. The van der Waals surface area contributed by atoms with Crippen molar-refractivity contribution >= 4 is 23.4 Å². The van der Waals surface area contributed by atoms with E-state index < -0.39 is 0 Å². The van der Waals surface area contributed by atoms with Gasteiger partial charge < -0.3 is 14.8 Å². The SMILES string of the molecule is O=C(CN1CCN(C(=O)c2cc(Cl)c[nH]2)CC1)N1CCCCCC1. The van der Waals surface area contributed by atoms with Gasteiger partial charge in [0.2, 0.25) is 5.91 Å².